The molecule has 0 heterocycles. The maximum Gasteiger partial charge on any atom is 0.340 e. The number of methoxy groups -OCH3 is 4. The van der Waals surface area contributed by atoms with Crippen LogP contribution in [-0.2, 0) is 112 Å². The Labute approximate surface area is 709 Å². The van der Waals surface area contributed by atoms with Gasteiger partial charge in [0.1, 0.15) is 0 Å². The van der Waals surface area contributed by atoms with Crippen LogP contribution in [0.15, 0.2) is 172 Å². The second kappa shape index (κ2) is 56.7. The number of hydrogen-bond acceptors (Lipinski definition) is 26. The molecule has 13 atom stereocenters. The highest BCUT2D eigenvalue weighted by atomic mass is 28.4. The van der Waals surface area contributed by atoms with Crippen LogP contribution in [0.5, 0.6) is 0 Å². The number of rotatable bonds is 36. The predicted octanol–water partition coefficient (Wildman–Crippen LogP) is 17.4. The molecule has 4 fully saturated rings. The average Bonchev–Trinajstić information content (AvgIpc) is 1.63. The van der Waals surface area contributed by atoms with Gasteiger partial charge in [0.25, 0.3) is 23.8 Å². The quantitative estimate of drug-likeness (QED) is 0.0112. The zero-order valence-electron chi connectivity index (χ0n) is 74.5. The smallest absolute Gasteiger partial charge is 0.340 e. The summed E-state index contributed by atoms with van der Waals surface area (Å²) in [6.07, 6.45) is 45.3. The lowest BCUT2D eigenvalue weighted by Crippen LogP contribution is -2.36. The molecule has 668 valence electrons. The number of fused-ring (bicyclic) bond motifs is 11. The summed E-state index contributed by atoms with van der Waals surface area (Å²) in [7, 11) is 13.3. The highest BCUT2D eigenvalue weighted by Gasteiger charge is 2.53. The van der Waals surface area contributed by atoms with Gasteiger partial charge in [0.15, 0.2) is 0 Å². The molecule has 8 bridgehead atoms. The second-order valence-corrected chi connectivity index (χ2v) is 45.6. The van der Waals surface area contributed by atoms with Gasteiger partial charge in [-0.25, -0.2) is 14.4 Å². The molecular formula is C88H144O26Si4. The molecular weight excluding hydrogens is 1590 g/mol. The molecule has 0 aliphatic heterocycles. The number of ether oxygens (including phenoxy) is 10. The van der Waals surface area contributed by atoms with Crippen LogP contribution in [0, 0.1) is 75.9 Å². The zero-order valence-corrected chi connectivity index (χ0v) is 78.5. The van der Waals surface area contributed by atoms with E-state index in [1.165, 1.54) is 26.7 Å². The molecule has 2 N–H and O–H groups in total. The van der Waals surface area contributed by atoms with Crippen molar-refractivity contribution in [2.24, 2.45) is 75.9 Å². The van der Waals surface area contributed by atoms with Crippen molar-refractivity contribution in [1.29, 1.82) is 0 Å². The molecule has 4 saturated carbocycles. The molecule has 13 unspecified atom stereocenters. The van der Waals surface area contributed by atoms with Gasteiger partial charge in [0.05, 0.1) is 16.7 Å². The number of aliphatic hydroxyl groups is 2. The van der Waals surface area contributed by atoms with Crippen LogP contribution < -0.4 is 0 Å². The molecule has 0 radical (unpaired) electrons. The van der Waals surface area contributed by atoms with Gasteiger partial charge >= 0.3 is 70.1 Å². The largest absolute Gasteiger partial charge is 0.481 e. The lowest BCUT2D eigenvalue weighted by Gasteiger charge is -2.28. The molecule has 30 heteroatoms. The van der Waals surface area contributed by atoms with Gasteiger partial charge < -0.3 is 93.0 Å². The number of aliphatic hydroxyl groups excluding tert-OH is 2. The van der Waals surface area contributed by atoms with Gasteiger partial charge in [-0.2, -0.15) is 0 Å². The summed E-state index contributed by atoms with van der Waals surface area (Å²) in [5.41, 5.74) is -0.573. The Bertz CT molecular complexity index is 3290. The summed E-state index contributed by atoms with van der Waals surface area (Å²) in [5, 5.41) is 17.1. The standard InChI is InChI=1S/C19H22O4.C11H14O3.C10H12.C9H10O4.4C7H18O3Si.C6H8O3.C5H6/c1-11(22-17(20)16-9-12-3-5-14(16)7-12)23-18(21)19(2)10-13-4-6-15(19)8-13;1-7(12)14-10(13)11(2)6-8-3-4-9(11)5-8;1-2-9-7-4-5-8(6-7)10(9)3-1;1-5-8(10)12-7(4)13-9(11)6(2)3;4*1-8-6-5-7-11(4,9-2)10-3;1-4(2)6(8)9-5(3)7;1-2-4-5-3-1/h3-6,12-16H,1,7-10H2,2H3;3-4,8-9,12H,1,5-6H2,2H3;1-2,4-5,7-10H,3,6H2;5H,1-2,4H2,3H3;4*5-7H2,1-4H3;7H,1,3H2,2H3;1-4H,5H2. The normalized spacial score (nSPS) is 24.2. The van der Waals surface area contributed by atoms with E-state index in [2.05, 4.69) is 176 Å². The fourth-order valence-electron chi connectivity index (χ4n) is 14.6. The van der Waals surface area contributed by atoms with E-state index in [0.29, 0.717) is 17.8 Å². The van der Waals surface area contributed by atoms with Crippen LogP contribution in [-0.4, -0.2) is 192 Å². The van der Waals surface area contributed by atoms with Crippen molar-refractivity contribution >= 4 is 70.1 Å². The number of esters is 6. The van der Waals surface area contributed by atoms with Crippen LogP contribution in [0.2, 0.25) is 50.4 Å². The van der Waals surface area contributed by atoms with Crippen molar-refractivity contribution in [2.45, 2.75) is 162 Å². The molecule has 10 aliphatic carbocycles. The predicted molar refractivity (Wildman–Crippen MR) is 466 cm³/mol. The topological polar surface area (TPSA) is 309 Å². The van der Waals surface area contributed by atoms with Crippen molar-refractivity contribution in [2.75, 3.05) is 112 Å². The first-order chi connectivity index (χ1) is 55.7. The van der Waals surface area contributed by atoms with Crippen LogP contribution in [0.25, 0.3) is 0 Å². The summed E-state index contributed by atoms with van der Waals surface area (Å²) >= 11 is 0. The first-order valence-corrected chi connectivity index (χ1v) is 50.2. The van der Waals surface area contributed by atoms with Gasteiger partial charge in [-0.3, -0.25) is 14.4 Å². The monoisotopic (exact) mass is 1730 g/mol. The fourth-order valence-corrected chi connectivity index (χ4v) is 20.0. The van der Waals surface area contributed by atoms with Crippen molar-refractivity contribution in [3.8, 4) is 0 Å². The van der Waals surface area contributed by atoms with Gasteiger partial charge in [-0.05, 0) is 247 Å². The Hall–Kier alpha value is -6.83. The van der Waals surface area contributed by atoms with Gasteiger partial charge in [0.2, 0.25) is 0 Å². The number of hydrogen-bond donors (Lipinski definition) is 2. The lowest BCUT2D eigenvalue weighted by atomic mass is 9.78. The zero-order chi connectivity index (χ0) is 89.5. The minimum Gasteiger partial charge on any atom is -0.481 e. The van der Waals surface area contributed by atoms with E-state index in [9.17, 15) is 28.8 Å². The Morgan fingerprint density at radius 1 is 0.424 bits per heavy atom. The molecule has 0 aromatic heterocycles. The third-order valence-corrected chi connectivity index (χ3v) is 34.4. The Morgan fingerprint density at radius 2 is 0.797 bits per heavy atom. The van der Waals surface area contributed by atoms with Gasteiger partial charge in [-0.1, -0.05) is 105 Å². The molecule has 118 heavy (non-hydrogen) atoms. The van der Waals surface area contributed by atoms with E-state index in [4.69, 9.17) is 74.0 Å². The van der Waals surface area contributed by atoms with E-state index in [1.807, 2.05) is 13.8 Å². The van der Waals surface area contributed by atoms with Crippen molar-refractivity contribution in [3.63, 3.8) is 0 Å². The summed E-state index contributed by atoms with van der Waals surface area (Å²) < 4.78 is 90.2. The molecule has 0 aromatic rings. The number of carbonyl (C=O) groups excluding carboxylic acids is 6. The van der Waals surface area contributed by atoms with Crippen LogP contribution in [0.3, 0.4) is 0 Å². The summed E-state index contributed by atoms with van der Waals surface area (Å²) in [5.74, 6) is 1.12. The first-order valence-electron chi connectivity index (χ1n) is 40.1. The van der Waals surface area contributed by atoms with E-state index < -0.39 is 80.8 Å². The van der Waals surface area contributed by atoms with Crippen LogP contribution in [0.1, 0.15) is 111 Å². The SMILES string of the molecule is C1=CC2C3C=CC(C3)C2C1.C1=CCC=C1.C=C(O)OC(=O)C(=C)C.C=C(O)OC(=O)C1(C)CC2C=CC1C2.C=C(OC(=O)C1CC2C=CC1C2)OC(=O)C1(C)CC2C=CC1C2.C=CC(=O)OC(=C)OC(=O)C(=C)C.COCCC[Si](C)(OC)OC.COCCC[Si](C)(OC)OC.COCCC[Si](C)(OC)OC.COCCC[Si](C)(OC)OC. The fraction of sp³-hybridized carbons (Fsp3) is 0.614. The van der Waals surface area contributed by atoms with Crippen molar-refractivity contribution in [1.82, 2.24) is 0 Å². The van der Waals surface area contributed by atoms with E-state index in [1.54, 1.807) is 85.3 Å². The average molecular weight is 1730 g/mol. The Balaban J connectivity index is 0.000000670. The molecule has 0 amide bonds. The van der Waals surface area contributed by atoms with E-state index in [0.717, 1.165) is 151 Å². The molecule has 26 nitrogen and oxygen atoms in total. The van der Waals surface area contributed by atoms with Crippen molar-refractivity contribution in [3.05, 3.63) is 172 Å². The number of allylic oxidation sites excluding steroid dienone is 14. The lowest BCUT2D eigenvalue weighted by molar-refractivity contribution is -0.164. The van der Waals surface area contributed by atoms with E-state index >= 15 is 0 Å². The molecule has 10 rings (SSSR count). The summed E-state index contributed by atoms with van der Waals surface area (Å²) in [6.45, 7) is 40.8. The second-order valence-electron chi connectivity index (χ2n) is 31.3. The first kappa shape index (κ1) is 109. The van der Waals surface area contributed by atoms with Crippen LogP contribution >= 0.6 is 0 Å². The third-order valence-electron chi connectivity index (χ3n) is 22.5. The maximum atomic E-state index is 12.5. The maximum absolute atomic E-state index is 12.5. The van der Waals surface area contributed by atoms with Crippen LogP contribution in [0.4, 0.5) is 0 Å². The van der Waals surface area contributed by atoms with Gasteiger partial charge in [-0.15, -0.1) is 0 Å². The Morgan fingerprint density at radius 3 is 1.09 bits per heavy atom. The molecule has 0 saturated heterocycles. The molecule has 0 aromatic carbocycles. The highest BCUT2D eigenvalue weighted by Crippen LogP contribution is 2.55. The van der Waals surface area contributed by atoms with Crippen molar-refractivity contribution < 1.29 is 122 Å². The summed E-state index contributed by atoms with van der Waals surface area (Å²) in [4.78, 5) is 68.2. The minimum absolute atomic E-state index is 0.124. The molecule has 0 spiro atoms. The van der Waals surface area contributed by atoms with Gasteiger partial charge in [0, 0.05) is 129 Å². The van der Waals surface area contributed by atoms with E-state index in [-0.39, 0.29) is 58.7 Å². The highest BCUT2D eigenvalue weighted by molar-refractivity contribution is 6.67. The third kappa shape index (κ3) is 39.3. The number of carbonyl (C=O) groups is 6. The minimum atomic E-state index is -1.81. The molecule has 10 aliphatic rings. The summed E-state index contributed by atoms with van der Waals surface area (Å²) in [6, 6.07) is 3.98. The Kier molecular flexibility index (Phi) is 52.5.